The Hall–Kier alpha value is 0.0700. The maximum atomic E-state index is 4.25. The Morgan fingerprint density at radius 1 is 1.57 bits per heavy atom. The first-order valence-corrected chi connectivity index (χ1v) is 6.74. The van der Waals surface area contributed by atoms with Crippen molar-refractivity contribution >= 4 is 27.3 Å². The predicted octanol–water partition coefficient (Wildman–Crippen LogP) is 3.10. The van der Waals surface area contributed by atoms with Gasteiger partial charge in [0.25, 0.3) is 0 Å². The maximum absolute atomic E-state index is 4.25. The molecule has 78 valence electrons. The summed E-state index contributed by atoms with van der Waals surface area (Å²) < 4.78 is 1.02. The zero-order valence-electron chi connectivity index (χ0n) is 8.37. The molecule has 1 aliphatic heterocycles. The molecule has 1 saturated heterocycles. The Morgan fingerprint density at radius 3 is 2.79 bits per heavy atom. The molecule has 0 radical (unpaired) electrons. The lowest BCUT2D eigenvalue weighted by molar-refractivity contribution is 0.223. The van der Waals surface area contributed by atoms with Crippen LogP contribution < -0.4 is 0 Å². The molecule has 0 aromatic carbocycles. The smallest absolute Gasteiger partial charge is 0.159 e. The fourth-order valence-corrected chi connectivity index (χ4v) is 3.46. The molecule has 0 aliphatic carbocycles. The second-order valence-electron chi connectivity index (χ2n) is 3.72. The van der Waals surface area contributed by atoms with Crippen molar-refractivity contribution in [3.63, 3.8) is 0 Å². The number of likely N-dealkylation sites (tertiary alicyclic amines) is 1. The summed E-state index contributed by atoms with van der Waals surface area (Å²) in [5, 5.41) is 0. The molecular weight excluding hydrogens is 260 g/mol. The molecule has 2 heterocycles. The number of hydrogen-bond donors (Lipinski definition) is 0. The van der Waals surface area contributed by atoms with Gasteiger partial charge in [-0.1, -0.05) is 6.92 Å². The van der Waals surface area contributed by atoms with Gasteiger partial charge in [0, 0.05) is 11.1 Å². The monoisotopic (exact) mass is 274 g/mol. The molecule has 0 spiro atoms. The van der Waals surface area contributed by atoms with Crippen molar-refractivity contribution in [1.29, 1.82) is 0 Å². The van der Waals surface area contributed by atoms with Crippen molar-refractivity contribution in [1.82, 2.24) is 9.88 Å². The molecule has 4 heteroatoms. The second-order valence-corrected chi connectivity index (χ2v) is 6.06. The quantitative estimate of drug-likeness (QED) is 0.824. The highest BCUT2D eigenvalue weighted by atomic mass is 79.9. The van der Waals surface area contributed by atoms with Gasteiger partial charge in [-0.2, -0.15) is 0 Å². The summed E-state index contributed by atoms with van der Waals surface area (Å²) in [5.41, 5.74) is 0. The Kier molecular flexibility index (Phi) is 3.57. The summed E-state index contributed by atoms with van der Waals surface area (Å²) in [5.74, 6) is 0.751. The van der Waals surface area contributed by atoms with Crippen LogP contribution in [0.3, 0.4) is 0 Å². The Balaban J connectivity index is 1.95. The van der Waals surface area contributed by atoms with Gasteiger partial charge < -0.3 is 4.90 Å². The third-order valence-corrected chi connectivity index (χ3v) is 4.57. The molecule has 1 aromatic heterocycles. The molecule has 0 bridgehead atoms. The van der Waals surface area contributed by atoms with Crippen molar-refractivity contribution in [3.8, 4) is 0 Å². The lowest BCUT2D eigenvalue weighted by Gasteiger charge is -2.30. The topological polar surface area (TPSA) is 16.1 Å². The lowest BCUT2D eigenvalue weighted by atomic mass is 9.96. The van der Waals surface area contributed by atoms with Gasteiger partial charge in [0.15, 0.2) is 3.92 Å². The minimum atomic E-state index is 0.751. The Labute approximate surface area is 97.5 Å². The highest BCUT2D eigenvalue weighted by molar-refractivity contribution is 9.11. The zero-order chi connectivity index (χ0) is 9.97. The molecule has 1 aliphatic rings. The van der Waals surface area contributed by atoms with E-state index >= 15 is 0 Å². The average Bonchev–Trinajstić information content (AvgIpc) is 2.65. The highest BCUT2D eigenvalue weighted by Crippen LogP contribution is 2.33. The van der Waals surface area contributed by atoms with Gasteiger partial charge in [-0.15, -0.1) is 11.3 Å². The SMILES string of the molecule is CCN1CCC(c2cnc(Br)s2)CC1. The number of thiazole rings is 1. The second kappa shape index (κ2) is 4.73. The summed E-state index contributed by atoms with van der Waals surface area (Å²) in [7, 11) is 0. The molecule has 1 aromatic rings. The van der Waals surface area contributed by atoms with E-state index in [0.717, 1.165) is 9.83 Å². The largest absolute Gasteiger partial charge is 0.304 e. The maximum Gasteiger partial charge on any atom is 0.159 e. The first kappa shape index (κ1) is 10.6. The number of piperidine rings is 1. The van der Waals surface area contributed by atoms with Crippen LogP contribution >= 0.6 is 27.3 Å². The normalized spacial score (nSPS) is 20.1. The first-order chi connectivity index (χ1) is 6.79. The van der Waals surface area contributed by atoms with E-state index < -0.39 is 0 Å². The Morgan fingerprint density at radius 2 is 2.29 bits per heavy atom. The van der Waals surface area contributed by atoms with Crippen LogP contribution in [-0.4, -0.2) is 29.5 Å². The van der Waals surface area contributed by atoms with Crippen LogP contribution in [0.5, 0.6) is 0 Å². The van der Waals surface area contributed by atoms with E-state index in [2.05, 4.69) is 32.7 Å². The first-order valence-electron chi connectivity index (χ1n) is 5.13. The van der Waals surface area contributed by atoms with Crippen molar-refractivity contribution in [3.05, 3.63) is 15.0 Å². The molecule has 2 nitrogen and oxygen atoms in total. The van der Waals surface area contributed by atoms with Crippen molar-refractivity contribution in [2.75, 3.05) is 19.6 Å². The van der Waals surface area contributed by atoms with Crippen LogP contribution in [0.15, 0.2) is 10.1 Å². The molecule has 0 saturated carbocycles. The van der Waals surface area contributed by atoms with Crippen molar-refractivity contribution in [2.45, 2.75) is 25.7 Å². The number of rotatable bonds is 2. The van der Waals surface area contributed by atoms with E-state index in [1.54, 1.807) is 11.3 Å². The number of halogens is 1. The third-order valence-electron chi connectivity index (χ3n) is 2.93. The van der Waals surface area contributed by atoms with Gasteiger partial charge in [-0.25, -0.2) is 4.98 Å². The molecule has 0 N–H and O–H groups in total. The predicted molar refractivity (Wildman–Crippen MR) is 63.9 cm³/mol. The minimum absolute atomic E-state index is 0.751. The summed E-state index contributed by atoms with van der Waals surface area (Å²) >= 11 is 5.21. The fraction of sp³-hybridized carbons (Fsp3) is 0.700. The molecular formula is C10H15BrN2S. The van der Waals surface area contributed by atoms with E-state index in [-0.39, 0.29) is 0 Å². The molecule has 0 unspecified atom stereocenters. The van der Waals surface area contributed by atoms with Gasteiger partial charge in [0.05, 0.1) is 0 Å². The zero-order valence-corrected chi connectivity index (χ0v) is 10.8. The van der Waals surface area contributed by atoms with Gasteiger partial charge in [-0.3, -0.25) is 0 Å². The summed E-state index contributed by atoms with van der Waals surface area (Å²) in [4.78, 5) is 8.22. The van der Waals surface area contributed by atoms with Gasteiger partial charge in [0.1, 0.15) is 0 Å². The lowest BCUT2D eigenvalue weighted by Crippen LogP contribution is -2.32. The molecule has 0 atom stereocenters. The summed E-state index contributed by atoms with van der Waals surface area (Å²) in [6, 6.07) is 0. The summed E-state index contributed by atoms with van der Waals surface area (Å²) in [6.07, 6.45) is 4.62. The van der Waals surface area contributed by atoms with E-state index in [1.165, 1.54) is 37.4 Å². The van der Waals surface area contributed by atoms with Crippen LogP contribution in [0.25, 0.3) is 0 Å². The molecule has 0 amide bonds. The minimum Gasteiger partial charge on any atom is -0.304 e. The molecule has 2 rings (SSSR count). The van der Waals surface area contributed by atoms with Gasteiger partial charge >= 0.3 is 0 Å². The van der Waals surface area contributed by atoms with Gasteiger partial charge in [0.2, 0.25) is 0 Å². The van der Waals surface area contributed by atoms with Gasteiger partial charge in [-0.05, 0) is 54.3 Å². The number of nitrogens with zero attached hydrogens (tertiary/aromatic N) is 2. The average molecular weight is 275 g/mol. The van der Waals surface area contributed by atoms with Crippen LogP contribution in [0, 0.1) is 0 Å². The fourth-order valence-electron chi connectivity index (χ4n) is 1.99. The van der Waals surface area contributed by atoms with Crippen LogP contribution in [0.2, 0.25) is 0 Å². The van der Waals surface area contributed by atoms with Crippen molar-refractivity contribution < 1.29 is 0 Å². The van der Waals surface area contributed by atoms with Crippen LogP contribution in [-0.2, 0) is 0 Å². The Bertz CT molecular complexity index is 292. The summed E-state index contributed by atoms with van der Waals surface area (Å²) in [6.45, 7) is 5.93. The van der Waals surface area contributed by atoms with E-state index in [4.69, 9.17) is 0 Å². The number of hydrogen-bond acceptors (Lipinski definition) is 3. The van der Waals surface area contributed by atoms with Crippen molar-refractivity contribution in [2.24, 2.45) is 0 Å². The molecule has 1 fully saturated rings. The standard InChI is InChI=1S/C10H15BrN2S/c1-2-13-5-3-8(4-6-13)9-7-12-10(11)14-9/h7-8H,2-6H2,1H3. The van der Waals surface area contributed by atoms with E-state index in [9.17, 15) is 0 Å². The molecule has 14 heavy (non-hydrogen) atoms. The number of aromatic nitrogens is 1. The highest BCUT2D eigenvalue weighted by Gasteiger charge is 2.20. The van der Waals surface area contributed by atoms with Crippen LogP contribution in [0.1, 0.15) is 30.6 Å². The van der Waals surface area contributed by atoms with E-state index in [0.29, 0.717) is 0 Å². The van der Waals surface area contributed by atoms with E-state index in [1.807, 2.05) is 6.20 Å². The third kappa shape index (κ3) is 2.35. The van der Waals surface area contributed by atoms with Crippen LogP contribution in [0.4, 0.5) is 0 Å².